The lowest BCUT2D eigenvalue weighted by Gasteiger charge is -2.22. The number of aliphatic hydroxyl groups is 2. The van der Waals surface area contributed by atoms with Gasteiger partial charge in [0.15, 0.2) is 0 Å². The molecule has 0 saturated carbocycles. The van der Waals surface area contributed by atoms with Gasteiger partial charge in [0.1, 0.15) is 0 Å². The molecule has 0 rings (SSSR count). The van der Waals surface area contributed by atoms with Crippen LogP contribution in [0.3, 0.4) is 0 Å². The molecule has 0 radical (unpaired) electrons. The number of hydrogen-bond acceptors (Lipinski definition) is 3. The monoisotopic (exact) mass is 554 g/mol. The highest BCUT2D eigenvalue weighted by Gasteiger charge is 2.19. The van der Waals surface area contributed by atoms with E-state index in [1.165, 1.54) is 148 Å². The predicted octanol–water partition coefficient (Wildman–Crippen LogP) is 10.2. The van der Waals surface area contributed by atoms with E-state index in [2.05, 4.69) is 19.2 Å². The molecule has 0 aromatic rings. The Morgan fingerprint density at radius 3 is 1.15 bits per heavy atom. The summed E-state index contributed by atoms with van der Waals surface area (Å²) in [5.74, 6) is -0.0302. The summed E-state index contributed by atoms with van der Waals surface area (Å²) >= 11 is 0. The maximum Gasteiger partial charge on any atom is 0.220 e. The van der Waals surface area contributed by atoms with Gasteiger partial charge in [-0.15, -0.1) is 0 Å². The van der Waals surface area contributed by atoms with E-state index in [4.69, 9.17) is 0 Å². The Labute approximate surface area is 244 Å². The zero-order valence-corrected chi connectivity index (χ0v) is 26.7. The van der Waals surface area contributed by atoms with Crippen molar-refractivity contribution in [2.24, 2.45) is 0 Å². The summed E-state index contributed by atoms with van der Waals surface area (Å²) in [5.41, 5.74) is 0. The minimum absolute atomic E-state index is 0.0302. The van der Waals surface area contributed by atoms with Gasteiger partial charge in [0.2, 0.25) is 5.91 Å². The Kier molecular flexibility index (Phi) is 31.4. The van der Waals surface area contributed by atoms with Gasteiger partial charge in [-0.1, -0.05) is 181 Å². The lowest BCUT2D eigenvalue weighted by atomic mass is 10.0. The van der Waals surface area contributed by atoms with E-state index < -0.39 is 12.1 Å². The van der Waals surface area contributed by atoms with E-state index in [0.29, 0.717) is 12.8 Å². The van der Waals surface area contributed by atoms with Crippen LogP contribution in [0.15, 0.2) is 0 Å². The van der Waals surface area contributed by atoms with Gasteiger partial charge in [-0.2, -0.15) is 0 Å². The molecule has 0 bridgehead atoms. The Morgan fingerprint density at radius 2 is 0.821 bits per heavy atom. The van der Waals surface area contributed by atoms with E-state index in [1.807, 2.05) is 0 Å². The van der Waals surface area contributed by atoms with Crippen molar-refractivity contribution in [2.45, 2.75) is 212 Å². The summed E-state index contributed by atoms with van der Waals surface area (Å²) in [4.78, 5) is 12.3. The Balaban J connectivity index is 3.54. The largest absolute Gasteiger partial charge is 0.394 e. The molecule has 0 heterocycles. The zero-order valence-electron chi connectivity index (χ0n) is 26.7. The predicted molar refractivity (Wildman–Crippen MR) is 170 cm³/mol. The first-order valence-corrected chi connectivity index (χ1v) is 17.7. The number of rotatable bonds is 32. The lowest BCUT2D eigenvalue weighted by molar-refractivity contribution is -0.123. The van der Waals surface area contributed by atoms with Gasteiger partial charge in [-0.3, -0.25) is 4.79 Å². The molecule has 0 spiro atoms. The van der Waals surface area contributed by atoms with Crippen molar-refractivity contribution in [3.8, 4) is 0 Å². The van der Waals surface area contributed by atoms with Crippen LogP contribution in [0.2, 0.25) is 0 Å². The number of hydrogen-bond donors (Lipinski definition) is 3. The maximum atomic E-state index is 12.3. The fourth-order valence-electron chi connectivity index (χ4n) is 5.59. The number of carbonyl (C=O) groups excluding carboxylic acids is 1. The molecule has 4 heteroatoms. The van der Waals surface area contributed by atoms with Crippen LogP contribution in [-0.2, 0) is 4.79 Å². The minimum atomic E-state index is -0.650. The van der Waals surface area contributed by atoms with Crippen LogP contribution >= 0.6 is 0 Å². The highest BCUT2D eigenvalue weighted by atomic mass is 16.3. The molecular weight excluding hydrogens is 482 g/mol. The Bertz CT molecular complexity index is 485. The highest BCUT2D eigenvalue weighted by molar-refractivity contribution is 5.76. The van der Waals surface area contributed by atoms with Crippen molar-refractivity contribution in [3.05, 3.63) is 0 Å². The van der Waals surface area contributed by atoms with Gasteiger partial charge >= 0.3 is 0 Å². The second-order valence-electron chi connectivity index (χ2n) is 12.3. The molecular formula is C35H71NO3. The third kappa shape index (κ3) is 28.7. The van der Waals surface area contributed by atoms with Crippen molar-refractivity contribution in [2.75, 3.05) is 6.61 Å². The van der Waals surface area contributed by atoms with Crippen molar-refractivity contribution >= 4 is 5.91 Å². The van der Waals surface area contributed by atoms with Gasteiger partial charge < -0.3 is 15.5 Å². The third-order valence-electron chi connectivity index (χ3n) is 8.37. The number of unbranched alkanes of at least 4 members (excludes halogenated alkanes) is 25. The summed E-state index contributed by atoms with van der Waals surface area (Å²) in [6.07, 6.45) is 35.8. The summed E-state index contributed by atoms with van der Waals surface area (Å²) in [7, 11) is 0. The molecule has 1 amide bonds. The fraction of sp³-hybridized carbons (Fsp3) is 0.971. The molecule has 0 aliphatic heterocycles. The molecule has 0 fully saturated rings. The lowest BCUT2D eigenvalue weighted by Crippen LogP contribution is -2.45. The summed E-state index contributed by atoms with van der Waals surface area (Å²) < 4.78 is 0. The summed E-state index contributed by atoms with van der Waals surface area (Å²) in [6, 6.07) is -0.526. The SMILES string of the molecule is CCCCCCCCCCCCCCCCC(=O)N[C@@H](CO)[C@H](O)CCCCCCCCCCCCCCC. The highest BCUT2D eigenvalue weighted by Crippen LogP contribution is 2.15. The first kappa shape index (κ1) is 38.4. The molecule has 4 nitrogen and oxygen atoms in total. The van der Waals surface area contributed by atoms with Gasteiger partial charge in [0, 0.05) is 6.42 Å². The number of carbonyl (C=O) groups is 1. The average molecular weight is 554 g/mol. The molecule has 0 aromatic heterocycles. The number of aliphatic hydroxyl groups excluding tert-OH is 2. The molecule has 0 aromatic carbocycles. The molecule has 0 saturated heterocycles. The van der Waals surface area contributed by atoms with Gasteiger partial charge in [0.05, 0.1) is 18.8 Å². The standard InChI is InChI=1S/C35H71NO3/c1-3-5-7-9-11-13-15-17-19-21-23-25-27-29-31-35(39)36-33(32-37)34(38)30-28-26-24-22-20-18-16-14-12-10-8-6-4-2/h33-34,37-38H,3-32H2,1-2H3,(H,36,39)/t33-,34+/m0/s1. The van der Waals surface area contributed by atoms with Crippen LogP contribution in [0.25, 0.3) is 0 Å². The smallest absolute Gasteiger partial charge is 0.220 e. The topological polar surface area (TPSA) is 69.6 Å². The van der Waals surface area contributed by atoms with E-state index in [9.17, 15) is 15.0 Å². The fourth-order valence-corrected chi connectivity index (χ4v) is 5.59. The van der Waals surface area contributed by atoms with Crippen molar-refractivity contribution in [1.82, 2.24) is 5.32 Å². The van der Waals surface area contributed by atoms with E-state index in [-0.39, 0.29) is 12.5 Å². The first-order chi connectivity index (χ1) is 19.2. The average Bonchev–Trinajstić information content (AvgIpc) is 2.94. The summed E-state index contributed by atoms with van der Waals surface area (Å²) in [6.45, 7) is 4.35. The normalized spacial score (nSPS) is 13.0. The van der Waals surface area contributed by atoms with Crippen molar-refractivity contribution in [1.29, 1.82) is 0 Å². The second kappa shape index (κ2) is 31.9. The molecule has 0 unspecified atom stereocenters. The van der Waals surface area contributed by atoms with Crippen LogP contribution in [0, 0.1) is 0 Å². The molecule has 0 aliphatic carbocycles. The maximum absolute atomic E-state index is 12.3. The zero-order chi connectivity index (χ0) is 28.7. The van der Waals surface area contributed by atoms with Crippen LogP contribution in [0.4, 0.5) is 0 Å². The van der Waals surface area contributed by atoms with Crippen LogP contribution in [-0.4, -0.2) is 34.9 Å². The van der Waals surface area contributed by atoms with E-state index in [0.717, 1.165) is 25.7 Å². The molecule has 0 aliphatic rings. The molecule has 234 valence electrons. The molecule has 3 N–H and O–H groups in total. The minimum Gasteiger partial charge on any atom is -0.394 e. The molecule has 39 heavy (non-hydrogen) atoms. The van der Waals surface area contributed by atoms with Crippen molar-refractivity contribution < 1.29 is 15.0 Å². The van der Waals surface area contributed by atoms with Gasteiger partial charge in [-0.25, -0.2) is 0 Å². The number of nitrogens with one attached hydrogen (secondary N) is 1. The van der Waals surface area contributed by atoms with Crippen LogP contribution in [0.5, 0.6) is 0 Å². The van der Waals surface area contributed by atoms with Crippen molar-refractivity contribution in [3.63, 3.8) is 0 Å². The van der Waals surface area contributed by atoms with Gasteiger partial charge in [-0.05, 0) is 12.8 Å². The number of amides is 1. The first-order valence-electron chi connectivity index (χ1n) is 17.7. The van der Waals surface area contributed by atoms with Gasteiger partial charge in [0.25, 0.3) is 0 Å². The second-order valence-corrected chi connectivity index (χ2v) is 12.3. The Hall–Kier alpha value is -0.610. The molecule has 2 atom stereocenters. The van der Waals surface area contributed by atoms with E-state index in [1.54, 1.807) is 0 Å². The quantitative estimate of drug-likeness (QED) is 0.0726. The summed E-state index contributed by atoms with van der Waals surface area (Å²) in [5, 5.41) is 23.0. The van der Waals surface area contributed by atoms with Crippen LogP contribution in [0.1, 0.15) is 200 Å². The van der Waals surface area contributed by atoms with E-state index >= 15 is 0 Å². The van der Waals surface area contributed by atoms with Crippen LogP contribution < -0.4 is 5.32 Å². The third-order valence-corrected chi connectivity index (χ3v) is 8.37. The Morgan fingerprint density at radius 1 is 0.513 bits per heavy atom.